The van der Waals surface area contributed by atoms with E-state index in [9.17, 15) is 5.11 Å². The molecule has 0 saturated heterocycles. The van der Waals surface area contributed by atoms with Crippen molar-refractivity contribution < 1.29 is 5.11 Å². The van der Waals surface area contributed by atoms with E-state index >= 15 is 0 Å². The number of aliphatic hydroxyl groups is 1. The van der Waals surface area contributed by atoms with Crippen molar-refractivity contribution >= 4 is 31.9 Å². The Morgan fingerprint density at radius 1 is 1.05 bits per heavy atom. The first kappa shape index (κ1) is 14.4. The normalized spacial score (nSPS) is 12.3. The van der Waals surface area contributed by atoms with Crippen LogP contribution in [-0.4, -0.2) is 20.1 Å². The molecular weight excluding hydrogens is 398 g/mol. The zero-order chi connectivity index (χ0) is 14.8. The van der Waals surface area contributed by atoms with Crippen molar-refractivity contribution in [2.45, 2.75) is 6.10 Å². The molecule has 2 aromatic carbocycles. The minimum Gasteiger partial charge on any atom is -0.382 e. The second-order valence-corrected chi connectivity index (χ2v) is 6.24. The first-order chi connectivity index (χ1) is 10.2. The lowest BCUT2D eigenvalue weighted by molar-refractivity contribution is 0.211. The molecule has 0 amide bonds. The highest BCUT2D eigenvalue weighted by Gasteiger charge is 2.19. The summed E-state index contributed by atoms with van der Waals surface area (Å²) in [5.74, 6) is 0. The molecule has 0 saturated carbocycles. The van der Waals surface area contributed by atoms with Gasteiger partial charge in [-0.1, -0.05) is 55.3 Å². The standard InChI is InChI=1S/C15H11Br2N3O/c16-10-6-7-13(17)12(8-10)15(21)14-9-18-19-20(14)11-4-2-1-3-5-11/h1-9,15,21H. The zero-order valence-corrected chi connectivity index (χ0v) is 14.0. The van der Waals surface area contributed by atoms with Crippen molar-refractivity contribution in [2.24, 2.45) is 0 Å². The number of nitrogens with zero attached hydrogens (tertiary/aromatic N) is 3. The molecule has 106 valence electrons. The van der Waals surface area contributed by atoms with E-state index < -0.39 is 6.10 Å². The van der Waals surface area contributed by atoms with E-state index in [0.29, 0.717) is 5.69 Å². The molecule has 1 heterocycles. The quantitative estimate of drug-likeness (QED) is 0.715. The molecule has 3 rings (SSSR count). The summed E-state index contributed by atoms with van der Waals surface area (Å²) >= 11 is 6.89. The molecule has 1 N–H and O–H groups in total. The molecule has 21 heavy (non-hydrogen) atoms. The van der Waals surface area contributed by atoms with Gasteiger partial charge in [-0.3, -0.25) is 0 Å². The first-order valence-electron chi connectivity index (χ1n) is 6.26. The summed E-state index contributed by atoms with van der Waals surface area (Å²) < 4.78 is 3.37. The van der Waals surface area contributed by atoms with Gasteiger partial charge in [-0.2, -0.15) is 0 Å². The molecule has 0 aliphatic carbocycles. The van der Waals surface area contributed by atoms with Crippen molar-refractivity contribution in [1.82, 2.24) is 15.0 Å². The van der Waals surface area contributed by atoms with Gasteiger partial charge in [0.15, 0.2) is 0 Å². The molecule has 0 spiro atoms. The van der Waals surface area contributed by atoms with E-state index in [0.717, 1.165) is 20.2 Å². The van der Waals surface area contributed by atoms with Gasteiger partial charge < -0.3 is 5.11 Å². The van der Waals surface area contributed by atoms with Gasteiger partial charge in [-0.25, -0.2) is 4.68 Å². The SMILES string of the molecule is OC(c1cc(Br)ccc1Br)c1cnnn1-c1ccccc1. The van der Waals surface area contributed by atoms with Crippen LogP contribution in [0.4, 0.5) is 0 Å². The lowest BCUT2D eigenvalue weighted by Crippen LogP contribution is -2.09. The Morgan fingerprint density at radius 2 is 1.81 bits per heavy atom. The summed E-state index contributed by atoms with van der Waals surface area (Å²) in [5.41, 5.74) is 2.22. The Hall–Kier alpha value is -1.50. The van der Waals surface area contributed by atoms with Gasteiger partial charge in [0, 0.05) is 14.5 Å². The number of rotatable bonds is 3. The van der Waals surface area contributed by atoms with Crippen LogP contribution < -0.4 is 0 Å². The Balaban J connectivity index is 2.06. The summed E-state index contributed by atoms with van der Waals surface area (Å²) in [7, 11) is 0. The minimum atomic E-state index is -0.827. The second-order valence-electron chi connectivity index (χ2n) is 4.47. The molecule has 6 heteroatoms. The lowest BCUT2D eigenvalue weighted by Gasteiger charge is -2.14. The highest BCUT2D eigenvalue weighted by Crippen LogP contribution is 2.31. The molecule has 0 aliphatic rings. The minimum absolute atomic E-state index is 0.611. The largest absolute Gasteiger partial charge is 0.382 e. The van der Waals surface area contributed by atoms with E-state index in [1.807, 2.05) is 48.5 Å². The Bertz CT molecular complexity index is 759. The molecule has 3 aromatic rings. The first-order valence-corrected chi connectivity index (χ1v) is 7.84. The van der Waals surface area contributed by atoms with Gasteiger partial charge >= 0.3 is 0 Å². The van der Waals surface area contributed by atoms with Crippen LogP contribution in [0.5, 0.6) is 0 Å². The van der Waals surface area contributed by atoms with Crippen molar-refractivity contribution in [3.8, 4) is 5.69 Å². The Morgan fingerprint density at radius 3 is 2.57 bits per heavy atom. The van der Waals surface area contributed by atoms with Gasteiger partial charge in [0.1, 0.15) is 6.10 Å². The number of para-hydroxylation sites is 1. The van der Waals surface area contributed by atoms with E-state index in [1.165, 1.54) is 0 Å². The van der Waals surface area contributed by atoms with Gasteiger partial charge in [0.05, 0.1) is 17.6 Å². The topological polar surface area (TPSA) is 50.9 Å². The lowest BCUT2D eigenvalue weighted by atomic mass is 10.1. The van der Waals surface area contributed by atoms with Crippen molar-refractivity contribution in [3.63, 3.8) is 0 Å². The average Bonchev–Trinajstić information content (AvgIpc) is 2.99. The third-order valence-electron chi connectivity index (χ3n) is 3.11. The monoisotopic (exact) mass is 407 g/mol. The fraction of sp³-hybridized carbons (Fsp3) is 0.0667. The predicted molar refractivity (Wildman–Crippen MR) is 87.3 cm³/mol. The van der Waals surface area contributed by atoms with E-state index in [2.05, 4.69) is 42.2 Å². The summed E-state index contributed by atoms with van der Waals surface area (Å²) in [6, 6.07) is 15.3. The maximum Gasteiger partial charge on any atom is 0.124 e. The highest BCUT2D eigenvalue weighted by molar-refractivity contribution is 9.11. The zero-order valence-electron chi connectivity index (χ0n) is 10.8. The van der Waals surface area contributed by atoms with E-state index in [4.69, 9.17) is 0 Å². The number of aromatic nitrogens is 3. The molecule has 0 aliphatic heterocycles. The Labute approximate surface area is 138 Å². The van der Waals surface area contributed by atoms with Crippen LogP contribution in [0.3, 0.4) is 0 Å². The van der Waals surface area contributed by atoms with E-state index in [1.54, 1.807) is 10.9 Å². The highest BCUT2D eigenvalue weighted by atomic mass is 79.9. The third kappa shape index (κ3) is 2.92. The number of benzene rings is 2. The van der Waals surface area contributed by atoms with Gasteiger partial charge in [0.2, 0.25) is 0 Å². The molecule has 1 atom stereocenters. The van der Waals surface area contributed by atoms with Crippen LogP contribution in [0.1, 0.15) is 17.4 Å². The van der Waals surface area contributed by atoms with E-state index in [-0.39, 0.29) is 0 Å². The van der Waals surface area contributed by atoms with Crippen molar-refractivity contribution in [3.05, 3.63) is 74.9 Å². The number of hydrogen-bond donors (Lipinski definition) is 1. The molecule has 4 nitrogen and oxygen atoms in total. The summed E-state index contributed by atoms with van der Waals surface area (Å²) in [5, 5.41) is 18.7. The molecule has 0 radical (unpaired) electrons. The van der Waals surface area contributed by atoms with Crippen molar-refractivity contribution in [1.29, 1.82) is 0 Å². The van der Waals surface area contributed by atoms with Crippen LogP contribution in [0.25, 0.3) is 5.69 Å². The maximum absolute atomic E-state index is 10.7. The third-order valence-corrected chi connectivity index (χ3v) is 4.32. The van der Waals surface area contributed by atoms with Crippen LogP contribution >= 0.6 is 31.9 Å². The fourth-order valence-corrected chi connectivity index (χ4v) is 2.93. The van der Waals surface area contributed by atoms with Crippen LogP contribution in [0, 0.1) is 0 Å². The van der Waals surface area contributed by atoms with Crippen molar-refractivity contribution in [2.75, 3.05) is 0 Å². The van der Waals surface area contributed by atoms with Crippen LogP contribution in [-0.2, 0) is 0 Å². The average molecular weight is 409 g/mol. The van der Waals surface area contributed by atoms with Crippen LogP contribution in [0.2, 0.25) is 0 Å². The predicted octanol–water partition coefficient (Wildman–Crippen LogP) is 3.87. The number of aliphatic hydroxyl groups excluding tert-OH is 1. The molecule has 1 unspecified atom stereocenters. The second kappa shape index (κ2) is 6.09. The molecule has 0 fully saturated rings. The fourth-order valence-electron chi connectivity index (χ4n) is 2.08. The molecular formula is C15H11Br2N3O. The smallest absolute Gasteiger partial charge is 0.124 e. The number of halogens is 2. The van der Waals surface area contributed by atoms with Gasteiger partial charge in [0.25, 0.3) is 0 Å². The summed E-state index contributed by atoms with van der Waals surface area (Å²) in [6.45, 7) is 0. The number of hydrogen-bond acceptors (Lipinski definition) is 3. The van der Waals surface area contributed by atoms with Crippen LogP contribution in [0.15, 0.2) is 63.7 Å². The molecule has 1 aromatic heterocycles. The summed E-state index contributed by atoms with van der Waals surface area (Å²) in [6.07, 6.45) is 0.748. The maximum atomic E-state index is 10.7. The summed E-state index contributed by atoms with van der Waals surface area (Å²) in [4.78, 5) is 0. The molecule has 0 bridgehead atoms. The Kier molecular flexibility index (Phi) is 4.19. The van der Waals surface area contributed by atoms with Gasteiger partial charge in [-0.05, 0) is 30.3 Å². The van der Waals surface area contributed by atoms with Gasteiger partial charge in [-0.15, -0.1) is 5.10 Å².